The van der Waals surface area contributed by atoms with Gasteiger partial charge in [-0.2, -0.15) is 5.10 Å². The van der Waals surface area contributed by atoms with E-state index in [1.54, 1.807) is 10.6 Å². The molecule has 0 bridgehead atoms. The van der Waals surface area contributed by atoms with Crippen molar-refractivity contribution in [1.82, 2.24) is 24.5 Å². The SMILES string of the molecule is CCc1nn2c(nnc3c(=O)n(NC(C)=O)ccc32)c1-c1ccccc1. The monoisotopic (exact) mass is 348 g/mol. The van der Waals surface area contributed by atoms with Crippen LogP contribution < -0.4 is 11.0 Å². The lowest BCUT2D eigenvalue weighted by Gasteiger charge is -2.07. The fourth-order valence-electron chi connectivity index (χ4n) is 3.00. The first kappa shape index (κ1) is 15.9. The molecule has 1 aromatic carbocycles. The lowest BCUT2D eigenvalue weighted by molar-refractivity contribution is -0.115. The quantitative estimate of drug-likeness (QED) is 0.609. The summed E-state index contributed by atoms with van der Waals surface area (Å²) >= 11 is 0. The van der Waals surface area contributed by atoms with E-state index < -0.39 is 5.56 Å². The van der Waals surface area contributed by atoms with E-state index in [1.165, 1.54) is 13.1 Å². The van der Waals surface area contributed by atoms with Gasteiger partial charge in [-0.3, -0.25) is 15.0 Å². The van der Waals surface area contributed by atoms with Gasteiger partial charge in [0.2, 0.25) is 5.91 Å². The molecule has 0 saturated carbocycles. The van der Waals surface area contributed by atoms with Gasteiger partial charge in [-0.05, 0) is 18.1 Å². The number of aromatic nitrogens is 5. The summed E-state index contributed by atoms with van der Waals surface area (Å²) in [5, 5.41) is 13.0. The average molecular weight is 348 g/mol. The number of amides is 1. The molecule has 8 heteroatoms. The number of hydrogen-bond donors (Lipinski definition) is 1. The van der Waals surface area contributed by atoms with Crippen LogP contribution in [-0.4, -0.2) is 30.4 Å². The third kappa shape index (κ3) is 2.43. The van der Waals surface area contributed by atoms with Crippen LogP contribution in [0, 0.1) is 0 Å². The summed E-state index contributed by atoms with van der Waals surface area (Å²) in [5.41, 5.74) is 6.04. The summed E-state index contributed by atoms with van der Waals surface area (Å²) < 4.78 is 2.73. The first-order valence-corrected chi connectivity index (χ1v) is 8.23. The highest BCUT2D eigenvalue weighted by Crippen LogP contribution is 2.28. The fourth-order valence-corrected chi connectivity index (χ4v) is 3.00. The zero-order valence-electron chi connectivity index (χ0n) is 14.3. The maximum Gasteiger partial charge on any atom is 0.299 e. The number of rotatable bonds is 3. The Morgan fingerprint density at radius 3 is 2.62 bits per heavy atom. The minimum absolute atomic E-state index is 0.138. The van der Waals surface area contributed by atoms with Crippen molar-refractivity contribution in [3.63, 3.8) is 0 Å². The number of nitrogens with zero attached hydrogens (tertiary/aromatic N) is 5. The summed E-state index contributed by atoms with van der Waals surface area (Å²) in [7, 11) is 0. The van der Waals surface area contributed by atoms with Crippen molar-refractivity contribution < 1.29 is 4.79 Å². The highest BCUT2D eigenvalue weighted by atomic mass is 16.2. The third-order valence-electron chi connectivity index (χ3n) is 4.13. The van der Waals surface area contributed by atoms with Gasteiger partial charge in [0.15, 0.2) is 11.2 Å². The summed E-state index contributed by atoms with van der Waals surface area (Å²) in [6, 6.07) is 11.5. The molecule has 8 nitrogen and oxygen atoms in total. The molecule has 0 atom stereocenters. The number of carbonyl (C=O) groups is 1. The lowest BCUT2D eigenvalue weighted by Crippen LogP contribution is -2.32. The molecule has 26 heavy (non-hydrogen) atoms. The normalized spacial score (nSPS) is 11.2. The first-order valence-electron chi connectivity index (χ1n) is 8.23. The van der Waals surface area contributed by atoms with Crippen LogP contribution in [0.15, 0.2) is 47.4 Å². The smallest absolute Gasteiger partial charge is 0.274 e. The highest BCUT2D eigenvalue weighted by molar-refractivity contribution is 5.85. The molecule has 1 N–H and O–H groups in total. The van der Waals surface area contributed by atoms with E-state index in [-0.39, 0.29) is 11.4 Å². The molecule has 3 heterocycles. The Balaban J connectivity index is 2.03. The van der Waals surface area contributed by atoms with Gasteiger partial charge >= 0.3 is 0 Å². The summed E-state index contributed by atoms with van der Waals surface area (Å²) in [6.45, 7) is 3.35. The molecular formula is C18H16N6O2. The van der Waals surface area contributed by atoms with Gasteiger partial charge in [0.1, 0.15) is 5.52 Å². The first-order chi connectivity index (χ1) is 12.6. The van der Waals surface area contributed by atoms with Gasteiger partial charge < -0.3 is 0 Å². The van der Waals surface area contributed by atoms with Gasteiger partial charge in [0.05, 0.1) is 11.3 Å². The van der Waals surface area contributed by atoms with Crippen LogP contribution in [0.25, 0.3) is 27.8 Å². The van der Waals surface area contributed by atoms with Crippen LogP contribution in [0.2, 0.25) is 0 Å². The van der Waals surface area contributed by atoms with Gasteiger partial charge in [0.25, 0.3) is 5.56 Å². The molecule has 0 aliphatic rings. The summed E-state index contributed by atoms with van der Waals surface area (Å²) in [4.78, 5) is 23.8. The molecule has 1 amide bonds. The minimum atomic E-state index is -0.457. The number of hydrogen-bond acceptors (Lipinski definition) is 5. The van der Waals surface area contributed by atoms with Crippen LogP contribution in [0.5, 0.6) is 0 Å². The van der Waals surface area contributed by atoms with Crippen molar-refractivity contribution in [3.05, 3.63) is 58.6 Å². The molecule has 0 saturated heterocycles. The largest absolute Gasteiger partial charge is 0.299 e. The lowest BCUT2D eigenvalue weighted by atomic mass is 10.0. The van der Waals surface area contributed by atoms with E-state index >= 15 is 0 Å². The van der Waals surface area contributed by atoms with Gasteiger partial charge in [0, 0.05) is 13.1 Å². The molecule has 0 spiro atoms. The Kier molecular flexibility index (Phi) is 3.72. The maximum absolute atomic E-state index is 12.5. The molecule has 4 rings (SSSR count). The predicted octanol–water partition coefficient (Wildman–Crippen LogP) is 1.76. The number of pyridine rings is 1. The van der Waals surface area contributed by atoms with Crippen LogP contribution in [0.3, 0.4) is 0 Å². The van der Waals surface area contributed by atoms with Crippen LogP contribution in [-0.2, 0) is 11.2 Å². The second-order valence-electron chi connectivity index (χ2n) is 5.87. The van der Waals surface area contributed by atoms with E-state index in [2.05, 4.69) is 20.7 Å². The van der Waals surface area contributed by atoms with Gasteiger partial charge in [-0.15, -0.1) is 10.2 Å². The molecule has 0 unspecified atom stereocenters. The molecule has 0 fully saturated rings. The number of fused-ring (bicyclic) bond motifs is 3. The molecule has 0 radical (unpaired) electrons. The van der Waals surface area contributed by atoms with E-state index in [0.717, 1.165) is 27.9 Å². The standard InChI is InChI=1S/C18H16N6O2/c1-3-13-15(12-7-5-4-6-8-12)17-20-19-16-14(24(17)22-13)9-10-23(18(16)26)21-11(2)25/h4-10H,3H2,1-2H3,(H,21,25). The highest BCUT2D eigenvalue weighted by Gasteiger charge is 2.18. The topological polar surface area (TPSA) is 94.2 Å². The Morgan fingerprint density at radius 2 is 1.92 bits per heavy atom. The molecular weight excluding hydrogens is 332 g/mol. The van der Waals surface area contributed by atoms with Gasteiger partial charge in [-0.25, -0.2) is 9.19 Å². The number of benzene rings is 1. The number of aryl methyl sites for hydroxylation is 1. The second-order valence-corrected chi connectivity index (χ2v) is 5.87. The van der Waals surface area contributed by atoms with Crippen LogP contribution >= 0.6 is 0 Å². The number of nitrogens with one attached hydrogen (secondary N) is 1. The Morgan fingerprint density at radius 1 is 1.15 bits per heavy atom. The molecule has 4 aromatic rings. The van der Waals surface area contributed by atoms with Crippen LogP contribution in [0.1, 0.15) is 19.5 Å². The molecule has 0 aliphatic heterocycles. The van der Waals surface area contributed by atoms with Crippen molar-refractivity contribution in [3.8, 4) is 11.1 Å². The zero-order chi connectivity index (χ0) is 18.3. The maximum atomic E-state index is 12.5. The van der Waals surface area contributed by atoms with Crippen molar-refractivity contribution in [2.75, 3.05) is 5.43 Å². The van der Waals surface area contributed by atoms with E-state index in [4.69, 9.17) is 0 Å². The average Bonchev–Trinajstić information content (AvgIpc) is 3.03. The fraction of sp³-hybridized carbons (Fsp3) is 0.167. The van der Waals surface area contributed by atoms with Crippen molar-refractivity contribution in [1.29, 1.82) is 0 Å². The third-order valence-corrected chi connectivity index (χ3v) is 4.13. The Hall–Kier alpha value is -3.55. The van der Waals surface area contributed by atoms with Crippen molar-refractivity contribution >= 4 is 22.6 Å². The van der Waals surface area contributed by atoms with Gasteiger partial charge in [-0.1, -0.05) is 37.3 Å². The summed E-state index contributed by atoms with van der Waals surface area (Å²) in [6.07, 6.45) is 2.21. The van der Waals surface area contributed by atoms with Crippen LogP contribution in [0.4, 0.5) is 0 Å². The number of carbonyl (C=O) groups excluding carboxylic acids is 1. The molecule has 0 aliphatic carbocycles. The zero-order valence-corrected chi connectivity index (χ0v) is 14.3. The second kappa shape index (κ2) is 6.07. The summed E-state index contributed by atoms with van der Waals surface area (Å²) in [5.74, 6) is -0.348. The van der Waals surface area contributed by atoms with E-state index in [9.17, 15) is 9.59 Å². The Labute approximate surface area is 148 Å². The van der Waals surface area contributed by atoms with Crippen molar-refractivity contribution in [2.45, 2.75) is 20.3 Å². The minimum Gasteiger partial charge on any atom is -0.274 e. The van der Waals surface area contributed by atoms with Crippen molar-refractivity contribution in [2.24, 2.45) is 0 Å². The van der Waals surface area contributed by atoms with E-state index in [1.807, 2.05) is 37.3 Å². The molecule has 130 valence electrons. The van der Waals surface area contributed by atoms with E-state index in [0.29, 0.717) is 11.2 Å². The Bertz CT molecular complexity index is 1190. The molecule has 3 aromatic heterocycles. The predicted molar refractivity (Wildman–Crippen MR) is 97.4 cm³/mol.